The summed E-state index contributed by atoms with van der Waals surface area (Å²) in [4.78, 5) is 4.06. The van der Waals surface area contributed by atoms with Crippen LogP contribution in [0.15, 0.2) is 29.3 Å². The van der Waals surface area contributed by atoms with Gasteiger partial charge in [0.05, 0.1) is 13.7 Å². The number of nitrogens with zero attached hydrogens (tertiary/aromatic N) is 1. The molecule has 1 aromatic rings. The molecular formula is C14H19NO6. The molecule has 3 unspecified atom stereocenters. The Morgan fingerprint density at radius 1 is 1.19 bits per heavy atom. The summed E-state index contributed by atoms with van der Waals surface area (Å²) >= 11 is 0. The molecular weight excluding hydrogens is 278 g/mol. The molecule has 0 bridgehead atoms. The fourth-order valence-corrected chi connectivity index (χ4v) is 2.11. The maximum absolute atomic E-state index is 9.93. The SMILES string of the molecule is COc1ccc(/C=N/C2C(O)[C@H](O)C(CO)O[C@H]2O)cc1. The maximum atomic E-state index is 9.93. The monoisotopic (exact) mass is 297 g/mol. The van der Waals surface area contributed by atoms with E-state index < -0.39 is 37.3 Å². The van der Waals surface area contributed by atoms with Gasteiger partial charge in [0.15, 0.2) is 6.29 Å². The Bertz CT molecular complexity index is 477. The van der Waals surface area contributed by atoms with Crippen LogP contribution in [0.25, 0.3) is 0 Å². The van der Waals surface area contributed by atoms with Gasteiger partial charge in [-0.15, -0.1) is 0 Å². The molecule has 1 saturated heterocycles. The first-order valence-corrected chi connectivity index (χ1v) is 6.54. The molecule has 7 nitrogen and oxygen atoms in total. The van der Waals surface area contributed by atoms with E-state index in [2.05, 4.69) is 4.99 Å². The van der Waals surface area contributed by atoms with Crippen LogP contribution in [0.5, 0.6) is 5.75 Å². The molecule has 1 aliphatic heterocycles. The standard InChI is InChI=1S/C14H19NO6/c1-20-9-4-2-8(3-5-9)6-15-11-13(18)12(17)10(7-16)21-14(11)19/h2-6,10-14,16-19H,7H2,1H3/b15-6+/t10?,11?,12-,13?,14-/m1/s1. The van der Waals surface area contributed by atoms with Gasteiger partial charge in [0.1, 0.15) is 30.1 Å². The lowest BCUT2D eigenvalue weighted by Gasteiger charge is -2.38. The number of hydrogen-bond donors (Lipinski definition) is 4. The second-order valence-corrected chi connectivity index (χ2v) is 4.77. The second kappa shape index (κ2) is 6.97. The Hall–Kier alpha value is -1.51. The van der Waals surface area contributed by atoms with Crippen LogP contribution in [0.1, 0.15) is 5.56 Å². The number of aliphatic hydroxyl groups excluding tert-OH is 4. The van der Waals surface area contributed by atoms with Crippen molar-refractivity contribution in [3.63, 3.8) is 0 Å². The van der Waals surface area contributed by atoms with Crippen LogP contribution < -0.4 is 4.74 Å². The summed E-state index contributed by atoms with van der Waals surface area (Å²) in [6, 6.07) is 6.00. The molecule has 0 saturated carbocycles. The molecule has 1 fully saturated rings. The molecule has 2 rings (SSSR count). The van der Waals surface area contributed by atoms with Gasteiger partial charge >= 0.3 is 0 Å². The summed E-state index contributed by atoms with van der Waals surface area (Å²) in [5, 5.41) is 38.5. The third kappa shape index (κ3) is 3.58. The van der Waals surface area contributed by atoms with Gasteiger partial charge in [0, 0.05) is 6.21 Å². The zero-order valence-corrected chi connectivity index (χ0v) is 11.5. The van der Waals surface area contributed by atoms with E-state index in [-0.39, 0.29) is 0 Å². The highest BCUT2D eigenvalue weighted by Crippen LogP contribution is 2.22. The number of benzene rings is 1. The third-order valence-corrected chi connectivity index (χ3v) is 3.38. The Labute approximate surface area is 122 Å². The normalized spacial score (nSPS) is 33.3. The van der Waals surface area contributed by atoms with Crippen molar-refractivity contribution >= 4 is 6.21 Å². The first-order chi connectivity index (χ1) is 10.1. The minimum atomic E-state index is -1.39. The molecule has 4 N–H and O–H groups in total. The largest absolute Gasteiger partial charge is 0.497 e. The number of methoxy groups -OCH3 is 1. The molecule has 0 aromatic heterocycles. The quantitative estimate of drug-likeness (QED) is 0.526. The summed E-state index contributed by atoms with van der Waals surface area (Å²) in [6.07, 6.45) is -3.58. The molecule has 0 spiro atoms. The van der Waals surface area contributed by atoms with Crippen molar-refractivity contribution in [3.05, 3.63) is 29.8 Å². The van der Waals surface area contributed by atoms with Gasteiger partial charge < -0.3 is 29.9 Å². The van der Waals surface area contributed by atoms with E-state index in [1.54, 1.807) is 31.4 Å². The number of aliphatic imine (C=N–C) groups is 1. The van der Waals surface area contributed by atoms with E-state index in [9.17, 15) is 15.3 Å². The van der Waals surface area contributed by atoms with Crippen molar-refractivity contribution < 1.29 is 29.9 Å². The second-order valence-electron chi connectivity index (χ2n) is 4.77. The lowest BCUT2D eigenvalue weighted by atomic mass is 9.97. The fourth-order valence-electron chi connectivity index (χ4n) is 2.11. The first kappa shape index (κ1) is 15.9. The van der Waals surface area contributed by atoms with E-state index in [4.69, 9.17) is 14.6 Å². The van der Waals surface area contributed by atoms with Crippen LogP contribution in [-0.2, 0) is 4.74 Å². The molecule has 5 atom stereocenters. The Balaban J connectivity index is 2.08. The van der Waals surface area contributed by atoms with E-state index in [1.165, 1.54) is 6.21 Å². The summed E-state index contributed by atoms with van der Waals surface area (Å²) in [6.45, 7) is -0.496. The van der Waals surface area contributed by atoms with Crippen molar-refractivity contribution in [2.75, 3.05) is 13.7 Å². The van der Waals surface area contributed by atoms with E-state index in [1.807, 2.05) is 0 Å². The summed E-state index contributed by atoms with van der Waals surface area (Å²) < 4.78 is 10.1. The predicted molar refractivity (Wildman–Crippen MR) is 74.4 cm³/mol. The molecule has 1 heterocycles. The van der Waals surface area contributed by atoms with Crippen molar-refractivity contribution in [3.8, 4) is 5.75 Å². The van der Waals surface area contributed by atoms with Crippen LogP contribution in [0.4, 0.5) is 0 Å². The van der Waals surface area contributed by atoms with Crippen molar-refractivity contribution in [2.24, 2.45) is 4.99 Å². The summed E-state index contributed by atoms with van der Waals surface area (Å²) in [5.74, 6) is 0.703. The zero-order valence-electron chi connectivity index (χ0n) is 11.5. The van der Waals surface area contributed by atoms with Crippen LogP contribution >= 0.6 is 0 Å². The van der Waals surface area contributed by atoms with Gasteiger partial charge in [-0.05, 0) is 29.8 Å². The molecule has 21 heavy (non-hydrogen) atoms. The predicted octanol–water partition coefficient (Wildman–Crippen LogP) is -1.09. The van der Waals surface area contributed by atoms with Gasteiger partial charge in [0.2, 0.25) is 0 Å². The minimum absolute atomic E-state index is 0.496. The Morgan fingerprint density at radius 2 is 1.86 bits per heavy atom. The molecule has 0 aliphatic carbocycles. The van der Waals surface area contributed by atoms with Gasteiger partial charge in [-0.3, -0.25) is 4.99 Å². The van der Waals surface area contributed by atoms with E-state index in [0.29, 0.717) is 5.75 Å². The molecule has 0 amide bonds. The van der Waals surface area contributed by atoms with Crippen molar-refractivity contribution in [1.29, 1.82) is 0 Å². The Kier molecular flexibility index (Phi) is 5.27. The van der Waals surface area contributed by atoms with E-state index >= 15 is 0 Å². The molecule has 1 aliphatic rings. The highest BCUT2D eigenvalue weighted by molar-refractivity contribution is 5.79. The van der Waals surface area contributed by atoms with Crippen LogP contribution in [-0.4, -0.2) is 71.0 Å². The average Bonchev–Trinajstić information content (AvgIpc) is 2.51. The molecule has 0 radical (unpaired) electrons. The molecule has 1 aromatic carbocycles. The van der Waals surface area contributed by atoms with Gasteiger partial charge in [-0.2, -0.15) is 0 Å². The van der Waals surface area contributed by atoms with Gasteiger partial charge in [-0.1, -0.05) is 0 Å². The maximum Gasteiger partial charge on any atom is 0.180 e. The van der Waals surface area contributed by atoms with Gasteiger partial charge in [0.25, 0.3) is 0 Å². The zero-order chi connectivity index (χ0) is 15.4. The van der Waals surface area contributed by atoms with Crippen LogP contribution in [0.3, 0.4) is 0 Å². The number of hydrogen-bond acceptors (Lipinski definition) is 7. The lowest BCUT2D eigenvalue weighted by Crippen LogP contribution is -2.57. The Morgan fingerprint density at radius 3 is 2.43 bits per heavy atom. The average molecular weight is 297 g/mol. The smallest absolute Gasteiger partial charge is 0.180 e. The third-order valence-electron chi connectivity index (χ3n) is 3.38. The van der Waals surface area contributed by atoms with Crippen LogP contribution in [0, 0.1) is 0 Å². The van der Waals surface area contributed by atoms with Crippen molar-refractivity contribution in [2.45, 2.75) is 30.6 Å². The molecule has 7 heteroatoms. The highest BCUT2D eigenvalue weighted by atomic mass is 16.6. The summed E-state index contributed by atoms with van der Waals surface area (Å²) in [7, 11) is 1.56. The van der Waals surface area contributed by atoms with E-state index in [0.717, 1.165) is 5.56 Å². The lowest BCUT2D eigenvalue weighted by molar-refractivity contribution is -0.248. The van der Waals surface area contributed by atoms with Gasteiger partial charge in [-0.25, -0.2) is 0 Å². The highest BCUT2D eigenvalue weighted by Gasteiger charge is 2.43. The number of aliphatic hydroxyl groups is 4. The first-order valence-electron chi connectivity index (χ1n) is 6.54. The molecule has 116 valence electrons. The van der Waals surface area contributed by atoms with Crippen LogP contribution in [0.2, 0.25) is 0 Å². The fraction of sp³-hybridized carbons (Fsp3) is 0.500. The minimum Gasteiger partial charge on any atom is -0.497 e. The summed E-state index contributed by atoms with van der Waals surface area (Å²) in [5.41, 5.74) is 0.744. The number of ether oxygens (including phenoxy) is 2. The number of rotatable bonds is 4. The van der Waals surface area contributed by atoms with Crippen molar-refractivity contribution in [1.82, 2.24) is 0 Å². The topological polar surface area (TPSA) is 112 Å².